The average Bonchev–Trinajstić information content (AvgIpc) is 3.25. The van der Waals surface area contributed by atoms with Crippen molar-refractivity contribution in [1.29, 1.82) is 0 Å². The van der Waals surface area contributed by atoms with Crippen LogP contribution in [0.15, 0.2) is 59.2 Å². The summed E-state index contributed by atoms with van der Waals surface area (Å²) in [6.07, 6.45) is 1.86. The number of nitrogens with zero attached hydrogens (tertiary/aromatic N) is 4. The number of benzene rings is 2. The number of esters is 1. The van der Waals surface area contributed by atoms with Crippen molar-refractivity contribution in [2.75, 3.05) is 11.6 Å². The Balaban J connectivity index is 1.63. The third-order valence-electron chi connectivity index (χ3n) is 5.60. The molecule has 0 spiro atoms. The number of anilines is 1. The van der Waals surface area contributed by atoms with Crippen LogP contribution < -0.4 is 5.01 Å². The number of carbonyl (C=O) groups is 2. The highest BCUT2D eigenvalue weighted by Crippen LogP contribution is 2.27. The fraction of sp³-hybridized carbons (Fsp3) is 0.231. The second kappa shape index (κ2) is 8.86. The monoisotopic (exact) mass is 442 g/mol. The van der Waals surface area contributed by atoms with Crippen LogP contribution in [0.4, 0.5) is 5.69 Å². The Kier molecular flexibility index (Phi) is 5.96. The minimum Gasteiger partial charge on any atom is -0.462 e. The highest BCUT2D eigenvalue weighted by Gasteiger charge is 2.29. The van der Waals surface area contributed by atoms with Crippen molar-refractivity contribution in [1.82, 2.24) is 9.78 Å². The van der Waals surface area contributed by atoms with Crippen LogP contribution in [-0.4, -0.2) is 34.0 Å². The molecule has 0 aliphatic carbocycles. The van der Waals surface area contributed by atoms with Gasteiger partial charge in [-0.15, -0.1) is 0 Å². The third-order valence-corrected chi connectivity index (χ3v) is 5.60. The molecule has 0 saturated carbocycles. The number of hydrogen-bond donors (Lipinski definition) is 0. The van der Waals surface area contributed by atoms with Crippen LogP contribution in [0.3, 0.4) is 0 Å². The lowest BCUT2D eigenvalue weighted by Gasteiger charge is -2.12. The van der Waals surface area contributed by atoms with Crippen LogP contribution in [-0.2, 0) is 9.53 Å². The van der Waals surface area contributed by atoms with Crippen LogP contribution in [0.2, 0.25) is 0 Å². The Morgan fingerprint density at radius 3 is 2.24 bits per heavy atom. The van der Waals surface area contributed by atoms with Gasteiger partial charge in [-0.3, -0.25) is 4.79 Å². The molecule has 0 N–H and O–H groups in total. The topological polar surface area (TPSA) is 76.8 Å². The molecule has 1 aromatic heterocycles. The van der Waals surface area contributed by atoms with E-state index >= 15 is 0 Å². The average molecular weight is 443 g/mol. The SMILES string of the molecule is CCOC(=O)c1ccc(N2N=C(C)/C(=C\c3c(C)nn(-c4ccc(C)cc4)c3C)C2=O)cc1. The molecular formula is C26H26N4O3. The Bertz CT molecular complexity index is 1280. The first-order valence-corrected chi connectivity index (χ1v) is 10.8. The Labute approximate surface area is 193 Å². The van der Waals surface area contributed by atoms with Crippen LogP contribution in [0.5, 0.6) is 0 Å². The molecule has 0 saturated heterocycles. The molecule has 1 amide bonds. The zero-order valence-electron chi connectivity index (χ0n) is 19.4. The van der Waals surface area contributed by atoms with E-state index in [1.54, 1.807) is 31.2 Å². The Morgan fingerprint density at radius 2 is 1.61 bits per heavy atom. The number of hydrogen-bond acceptors (Lipinski definition) is 5. The summed E-state index contributed by atoms with van der Waals surface area (Å²) in [5.74, 6) is -0.619. The fourth-order valence-corrected chi connectivity index (χ4v) is 3.76. The highest BCUT2D eigenvalue weighted by atomic mass is 16.5. The third kappa shape index (κ3) is 4.22. The van der Waals surface area contributed by atoms with Gasteiger partial charge in [0.1, 0.15) is 0 Å². The van der Waals surface area contributed by atoms with E-state index in [9.17, 15) is 9.59 Å². The van der Waals surface area contributed by atoms with Crippen molar-refractivity contribution in [2.24, 2.45) is 5.10 Å². The second-order valence-corrected chi connectivity index (χ2v) is 7.96. The van der Waals surface area contributed by atoms with Gasteiger partial charge in [0.25, 0.3) is 5.91 Å². The highest BCUT2D eigenvalue weighted by molar-refractivity contribution is 6.32. The number of amides is 1. The molecule has 2 heterocycles. The minimum absolute atomic E-state index is 0.224. The van der Waals surface area contributed by atoms with Crippen LogP contribution >= 0.6 is 0 Å². The fourth-order valence-electron chi connectivity index (χ4n) is 3.76. The molecule has 3 aromatic rings. The number of hydrazone groups is 1. The van der Waals surface area contributed by atoms with Crippen molar-refractivity contribution in [3.8, 4) is 5.69 Å². The zero-order chi connectivity index (χ0) is 23.7. The number of aryl methyl sites for hydroxylation is 2. The quantitative estimate of drug-likeness (QED) is 0.421. The normalized spacial score (nSPS) is 14.7. The standard InChI is InChI=1S/C26H26N4O3/c1-6-33-26(32)20-9-13-22(14-10-20)30-25(31)24(18(4)28-30)15-23-17(3)27-29(19(23)5)21-11-7-16(2)8-12-21/h7-15H,6H2,1-5H3/b24-15+. The van der Waals surface area contributed by atoms with Crippen LogP contribution in [0, 0.1) is 20.8 Å². The Hall–Kier alpha value is -4.00. The Morgan fingerprint density at radius 1 is 0.970 bits per heavy atom. The number of carbonyl (C=O) groups excluding carboxylic acids is 2. The molecule has 33 heavy (non-hydrogen) atoms. The summed E-state index contributed by atoms with van der Waals surface area (Å²) in [7, 11) is 0. The summed E-state index contributed by atoms with van der Waals surface area (Å²) in [4.78, 5) is 25.1. The molecule has 1 aliphatic heterocycles. The lowest BCUT2D eigenvalue weighted by molar-refractivity contribution is -0.114. The predicted octanol–water partition coefficient (Wildman–Crippen LogP) is 4.78. The van der Waals surface area contributed by atoms with E-state index < -0.39 is 5.97 Å². The van der Waals surface area contributed by atoms with Crippen molar-refractivity contribution < 1.29 is 14.3 Å². The van der Waals surface area contributed by atoms with Crippen molar-refractivity contribution >= 4 is 29.4 Å². The van der Waals surface area contributed by atoms with Gasteiger partial charge in [0, 0.05) is 11.3 Å². The maximum atomic E-state index is 13.2. The van der Waals surface area contributed by atoms with Gasteiger partial charge in [0.2, 0.25) is 0 Å². The largest absolute Gasteiger partial charge is 0.462 e. The van der Waals surface area contributed by atoms with E-state index in [0.29, 0.717) is 29.1 Å². The summed E-state index contributed by atoms with van der Waals surface area (Å²) < 4.78 is 6.90. The van der Waals surface area contributed by atoms with Crippen LogP contribution in [0.1, 0.15) is 46.7 Å². The van der Waals surface area contributed by atoms with Crippen LogP contribution in [0.25, 0.3) is 11.8 Å². The molecule has 168 valence electrons. The van der Waals surface area contributed by atoms with E-state index in [2.05, 4.69) is 10.2 Å². The lowest BCUT2D eigenvalue weighted by Crippen LogP contribution is -2.21. The van der Waals surface area contributed by atoms with Gasteiger partial charge in [-0.2, -0.15) is 15.2 Å². The van der Waals surface area contributed by atoms with Crippen molar-refractivity contribution in [3.05, 3.63) is 82.2 Å². The molecule has 7 nitrogen and oxygen atoms in total. The molecule has 0 atom stereocenters. The molecule has 0 bridgehead atoms. The van der Waals surface area contributed by atoms with E-state index in [1.165, 1.54) is 10.6 Å². The van der Waals surface area contributed by atoms with Gasteiger partial charge in [-0.25, -0.2) is 9.48 Å². The maximum Gasteiger partial charge on any atom is 0.338 e. The molecule has 2 aromatic carbocycles. The first-order chi connectivity index (χ1) is 15.8. The summed E-state index contributed by atoms with van der Waals surface area (Å²) in [6, 6.07) is 14.8. The van der Waals surface area contributed by atoms with E-state index in [1.807, 2.05) is 62.7 Å². The molecule has 7 heteroatoms. The number of ether oxygens (including phenoxy) is 1. The van der Waals surface area contributed by atoms with Crippen molar-refractivity contribution in [3.63, 3.8) is 0 Å². The molecule has 1 aliphatic rings. The van der Waals surface area contributed by atoms with E-state index in [-0.39, 0.29) is 5.91 Å². The van der Waals surface area contributed by atoms with E-state index in [4.69, 9.17) is 4.74 Å². The van der Waals surface area contributed by atoms with Gasteiger partial charge in [0.15, 0.2) is 0 Å². The molecule has 4 rings (SSSR count). The first kappa shape index (κ1) is 22.2. The van der Waals surface area contributed by atoms with Gasteiger partial charge in [-0.05, 0) is 77.1 Å². The van der Waals surface area contributed by atoms with Gasteiger partial charge < -0.3 is 4.74 Å². The molecule has 0 fully saturated rings. The number of aromatic nitrogens is 2. The predicted molar refractivity (Wildman–Crippen MR) is 129 cm³/mol. The lowest BCUT2D eigenvalue weighted by atomic mass is 10.1. The first-order valence-electron chi connectivity index (χ1n) is 10.8. The van der Waals surface area contributed by atoms with Gasteiger partial charge >= 0.3 is 5.97 Å². The molecule has 0 radical (unpaired) electrons. The van der Waals surface area contributed by atoms with Gasteiger partial charge in [0.05, 0.1) is 40.5 Å². The number of rotatable bonds is 5. The van der Waals surface area contributed by atoms with E-state index in [0.717, 1.165) is 22.6 Å². The molecule has 0 unspecified atom stereocenters. The summed E-state index contributed by atoms with van der Waals surface area (Å²) in [5, 5.41) is 10.5. The minimum atomic E-state index is -0.395. The summed E-state index contributed by atoms with van der Waals surface area (Å²) in [5.41, 5.74) is 6.97. The zero-order valence-corrected chi connectivity index (χ0v) is 19.4. The van der Waals surface area contributed by atoms with Gasteiger partial charge in [-0.1, -0.05) is 17.7 Å². The maximum absolute atomic E-state index is 13.2. The molecular weight excluding hydrogens is 416 g/mol. The van der Waals surface area contributed by atoms with Crippen molar-refractivity contribution in [2.45, 2.75) is 34.6 Å². The summed E-state index contributed by atoms with van der Waals surface area (Å²) >= 11 is 0. The second-order valence-electron chi connectivity index (χ2n) is 7.96. The summed E-state index contributed by atoms with van der Waals surface area (Å²) in [6.45, 7) is 9.85. The smallest absolute Gasteiger partial charge is 0.338 e.